The summed E-state index contributed by atoms with van der Waals surface area (Å²) in [7, 11) is 0. The molecule has 0 saturated carbocycles. The van der Waals surface area contributed by atoms with Crippen molar-refractivity contribution in [3.8, 4) is 0 Å². The van der Waals surface area contributed by atoms with E-state index in [0.29, 0.717) is 23.7 Å². The Morgan fingerprint density at radius 1 is 1.43 bits per heavy atom. The fraction of sp³-hybridized carbons (Fsp3) is 0.308. The van der Waals surface area contributed by atoms with Crippen LogP contribution in [0.15, 0.2) is 30.5 Å². The maximum atomic E-state index is 11.4. The van der Waals surface area contributed by atoms with E-state index in [1.54, 1.807) is 24.3 Å². The molecule has 0 radical (unpaired) electrons. The number of nitrogens with zero attached hydrogens (tertiary/aromatic N) is 3. The summed E-state index contributed by atoms with van der Waals surface area (Å²) in [5.74, 6) is -1.08. The van der Waals surface area contributed by atoms with E-state index in [1.165, 1.54) is 10.9 Å². The van der Waals surface area contributed by atoms with Gasteiger partial charge in [-0.05, 0) is 18.6 Å². The molecule has 3 N–H and O–H groups in total. The summed E-state index contributed by atoms with van der Waals surface area (Å²) in [5.41, 5.74) is 0.789. The number of halogens is 1. The van der Waals surface area contributed by atoms with Crippen LogP contribution in [0.25, 0.3) is 0 Å². The van der Waals surface area contributed by atoms with Crippen molar-refractivity contribution in [2.75, 3.05) is 11.9 Å². The summed E-state index contributed by atoms with van der Waals surface area (Å²) < 4.78 is 1.50. The minimum Gasteiger partial charge on any atom is -0.479 e. The maximum absolute atomic E-state index is 11.4. The molecule has 7 nitrogen and oxygen atoms in total. The number of aliphatic carboxylic acids is 1. The molecule has 0 saturated heterocycles. The zero-order chi connectivity index (χ0) is 15.2. The third-order valence-corrected chi connectivity index (χ3v) is 3.15. The van der Waals surface area contributed by atoms with E-state index in [-0.39, 0.29) is 12.3 Å². The Morgan fingerprint density at radius 2 is 2.19 bits per heavy atom. The number of hydrogen-bond donors (Lipinski definition) is 3. The van der Waals surface area contributed by atoms with Gasteiger partial charge in [0.15, 0.2) is 6.04 Å². The molecule has 2 aromatic rings. The summed E-state index contributed by atoms with van der Waals surface area (Å²) >= 11 is 6.01. The number of aliphatic hydroxyl groups excluding tert-OH is 1. The van der Waals surface area contributed by atoms with Gasteiger partial charge >= 0.3 is 5.97 Å². The highest BCUT2D eigenvalue weighted by molar-refractivity contribution is 6.33. The Bertz CT molecular complexity index is 617. The highest BCUT2D eigenvalue weighted by atomic mass is 35.5. The summed E-state index contributed by atoms with van der Waals surface area (Å²) in [6, 6.07) is 5.82. The number of aromatic nitrogens is 3. The van der Waals surface area contributed by atoms with Gasteiger partial charge in [-0.2, -0.15) is 0 Å². The van der Waals surface area contributed by atoms with Crippen LogP contribution in [0.4, 0.5) is 5.69 Å². The Balaban J connectivity index is 2.17. The minimum atomic E-state index is -1.08. The van der Waals surface area contributed by atoms with Crippen molar-refractivity contribution < 1.29 is 15.0 Å². The summed E-state index contributed by atoms with van der Waals surface area (Å²) in [6.07, 6.45) is 2.07. The van der Waals surface area contributed by atoms with Gasteiger partial charge in [-0.3, -0.25) is 4.68 Å². The van der Waals surface area contributed by atoms with Crippen LogP contribution in [0.1, 0.15) is 18.2 Å². The van der Waals surface area contributed by atoms with Crippen LogP contribution in [-0.4, -0.2) is 37.8 Å². The highest BCUT2D eigenvalue weighted by Gasteiger charge is 2.23. The first-order chi connectivity index (χ1) is 10.1. The zero-order valence-electron chi connectivity index (χ0n) is 11.1. The number of carboxylic acid groups (broad SMARTS) is 1. The molecule has 0 aliphatic rings. The van der Waals surface area contributed by atoms with Crippen LogP contribution in [0, 0.1) is 0 Å². The van der Waals surface area contributed by atoms with Gasteiger partial charge in [0.2, 0.25) is 0 Å². The molecule has 1 atom stereocenters. The van der Waals surface area contributed by atoms with Crippen molar-refractivity contribution in [3.63, 3.8) is 0 Å². The molecular formula is C13H15ClN4O3. The normalized spacial score (nSPS) is 12.1. The van der Waals surface area contributed by atoms with E-state index in [9.17, 15) is 9.90 Å². The van der Waals surface area contributed by atoms with Crippen LogP contribution in [0.5, 0.6) is 0 Å². The van der Waals surface area contributed by atoms with Crippen LogP contribution < -0.4 is 5.32 Å². The van der Waals surface area contributed by atoms with Gasteiger partial charge in [0.25, 0.3) is 0 Å². The molecular weight excluding hydrogens is 296 g/mol. The summed E-state index contributed by atoms with van der Waals surface area (Å²) in [5, 5.41) is 29.1. The van der Waals surface area contributed by atoms with E-state index in [1.807, 2.05) is 0 Å². The summed E-state index contributed by atoms with van der Waals surface area (Å²) in [4.78, 5) is 11.4. The largest absolute Gasteiger partial charge is 0.479 e. The fourth-order valence-electron chi connectivity index (χ4n) is 1.78. The van der Waals surface area contributed by atoms with Crippen LogP contribution in [-0.2, 0) is 11.3 Å². The number of nitrogens with one attached hydrogen (secondary N) is 1. The third-order valence-electron chi connectivity index (χ3n) is 2.82. The van der Waals surface area contributed by atoms with E-state index in [2.05, 4.69) is 15.6 Å². The average molecular weight is 311 g/mol. The van der Waals surface area contributed by atoms with Crippen molar-refractivity contribution in [3.05, 3.63) is 41.2 Å². The van der Waals surface area contributed by atoms with Crippen molar-refractivity contribution in [1.29, 1.82) is 0 Å². The molecule has 2 rings (SSSR count). The van der Waals surface area contributed by atoms with E-state index in [4.69, 9.17) is 16.7 Å². The lowest BCUT2D eigenvalue weighted by Gasteiger charge is -2.14. The number of carbonyl (C=O) groups is 1. The molecule has 0 spiro atoms. The molecule has 0 bridgehead atoms. The number of rotatable bonds is 7. The highest BCUT2D eigenvalue weighted by Crippen LogP contribution is 2.25. The van der Waals surface area contributed by atoms with Crippen LogP contribution >= 0.6 is 11.6 Å². The van der Waals surface area contributed by atoms with Gasteiger partial charge in [0, 0.05) is 13.2 Å². The second-order valence-corrected chi connectivity index (χ2v) is 4.79. The number of hydrogen-bond acceptors (Lipinski definition) is 5. The summed E-state index contributed by atoms with van der Waals surface area (Å²) in [6.45, 7) is 0.511. The Kier molecular flexibility index (Phi) is 5.13. The molecule has 8 heteroatoms. The second-order valence-electron chi connectivity index (χ2n) is 4.38. The Morgan fingerprint density at radius 3 is 2.86 bits per heavy atom. The van der Waals surface area contributed by atoms with Gasteiger partial charge in [0.05, 0.1) is 16.9 Å². The first-order valence-electron chi connectivity index (χ1n) is 6.36. The molecule has 1 aromatic carbocycles. The molecule has 112 valence electrons. The second kappa shape index (κ2) is 7.05. The Labute approximate surface area is 126 Å². The average Bonchev–Trinajstić information content (AvgIpc) is 2.92. The van der Waals surface area contributed by atoms with Gasteiger partial charge in [0.1, 0.15) is 5.69 Å². The van der Waals surface area contributed by atoms with Crippen LogP contribution in [0.2, 0.25) is 5.02 Å². The van der Waals surface area contributed by atoms with Gasteiger partial charge in [-0.25, -0.2) is 4.79 Å². The lowest BCUT2D eigenvalue weighted by atomic mass is 10.2. The lowest BCUT2D eigenvalue weighted by molar-refractivity contribution is -0.138. The number of anilines is 1. The minimum absolute atomic E-state index is 0.0371. The fourth-order valence-corrected chi connectivity index (χ4v) is 1.97. The van der Waals surface area contributed by atoms with E-state index >= 15 is 0 Å². The number of aliphatic hydroxyl groups is 1. The Hall–Kier alpha value is -2.12. The number of aryl methyl sites for hydroxylation is 1. The molecule has 1 heterocycles. The molecule has 0 amide bonds. The van der Waals surface area contributed by atoms with Crippen molar-refractivity contribution in [2.24, 2.45) is 0 Å². The topological polar surface area (TPSA) is 100 Å². The van der Waals surface area contributed by atoms with Gasteiger partial charge < -0.3 is 15.5 Å². The molecule has 1 aromatic heterocycles. The van der Waals surface area contributed by atoms with Gasteiger partial charge in [-0.1, -0.05) is 28.9 Å². The molecule has 21 heavy (non-hydrogen) atoms. The first-order valence-corrected chi connectivity index (χ1v) is 6.74. The molecule has 0 aliphatic carbocycles. The number of benzene rings is 1. The van der Waals surface area contributed by atoms with Crippen molar-refractivity contribution in [2.45, 2.75) is 19.0 Å². The maximum Gasteiger partial charge on any atom is 0.332 e. The van der Waals surface area contributed by atoms with Crippen molar-refractivity contribution >= 4 is 23.3 Å². The predicted octanol–water partition coefficient (Wildman–Crippen LogP) is 1.55. The van der Waals surface area contributed by atoms with Gasteiger partial charge in [-0.15, -0.1) is 5.10 Å². The standard InChI is InChI=1S/C13H15ClN4O3/c14-9-4-1-2-5-10(9)15-12(13(20)21)11-8-18(17-16-11)6-3-7-19/h1-2,4-5,8,12,15,19H,3,6-7H2,(H,20,21). The zero-order valence-corrected chi connectivity index (χ0v) is 11.9. The monoisotopic (exact) mass is 310 g/mol. The molecule has 0 fully saturated rings. The van der Waals surface area contributed by atoms with E-state index < -0.39 is 12.0 Å². The molecule has 1 unspecified atom stereocenters. The number of para-hydroxylation sites is 1. The van der Waals surface area contributed by atoms with Crippen LogP contribution in [0.3, 0.4) is 0 Å². The predicted molar refractivity (Wildman–Crippen MR) is 77.2 cm³/mol. The van der Waals surface area contributed by atoms with E-state index in [0.717, 1.165) is 0 Å². The smallest absolute Gasteiger partial charge is 0.332 e. The van der Waals surface area contributed by atoms with Crippen molar-refractivity contribution in [1.82, 2.24) is 15.0 Å². The SMILES string of the molecule is O=C(O)C(Nc1ccccc1Cl)c1cn(CCCO)nn1. The lowest BCUT2D eigenvalue weighted by Crippen LogP contribution is -2.21. The first kappa shape index (κ1) is 15.3. The third kappa shape index (κ3) is 3.93. The quantitative estimate of drug-likeness (QED) is 0.717. The molecule has 0 aliphatic heterocycles. The number of carboxylic acids is 1.